The maximum atomic E-state index is 9.75. The van der Waals surface area contributed by atoms with E-state index in [0.717, 1.165) is 0 Å². The van der Waals surface area contributed by atoms with E-state index in [1.807, 2.05) is 0 Å². The molecule has 0 aromatic heterocycles. The zero-order chi connectivity index (χ0) is 9.78. The molecule has 0 saturated heterocycles. The van der Waals surface area contributed by atoms with Crippen LogP contribution in [0.5, 0.6) is 0 Å². The van der Waals surface area contributed by atoms with Crippen molar-refractivity contribution in [3.8, 4) is 0 Å². The first-order valence-corrected chi connectivity index (χ1v) is 3.47. The van der Waals surface area contributed by atoms with Crippen molar-refractivity contribution in [1.29, 1.82) is 0 Å². The monoisotopic (exact) mass is 186 g/mol. The van der Waals surface area contributed by atoms with Crippen molar-refractivity contribution in [2.24, 2.45) is 0 Å². The quantitative estimate of drug-likeness (QED) is 0.311. The molecule has 13 heavy (non-hydrogen) atoms. The van der Waals surface area contributed by atoms with Gasteiger partial charge in [-0.25, -0.2) is 0 Å². The van der Waals surface area contributed by atoms with Gasteiger partial charge in [-0.15, -0.1) is 0 Å². The highest BCUT2D eigenvalue weighted by molar-refractivity contribution is 5.50. The van der Waals surface area contributed by atoms with Crippen LogP contribution in [0.15, 0.2) is 25.0 Å². The van der Waals surface area contributed by atoms with Gasteiger partial charge in [-0.2, -0.15) is 0 Å². The third kappa shape index (κ3) is 10.2. The minimum Gasteiger partial charge on any atom is -0.491 e. The Kier molecular flexibility index (Phi) is 8.82. The Bertz CT molecular complexity index is 165. The Morgan fingerprint density at radius 1 is 0.769 bits per heavy atom. The minimum absolute atomic E-state index is 0.00871. The van der Waals surface area contributed by atoms with Crippen LogP contribution in [0.1, 0.15) is 0 Å². The molecule has 0 aromatic rings. The summed E-state index contributed by atoms with van der Waals surface area (Å²) in [4.78, 5) is 19.5. The van der Waals surface area contributed by atoms with Gasteiger partial charge in [0.15, 0.2) is 12.6 Å². The molecule has 72 valence electrons. The van der Waals surface area contributed by atoms with Gasteiger partial charge in [0, 0.05) is 0 Å². The van der Waals surface area contributed by atoms with E-state index < -0.39 is 0 Å². The van der Waals surface area contributed by atoms with Crippen molar-refractivity contribution < 1.29 is 23.8 Å². The second-order valence-corrected chi connectivity index (χ2v) is 1.68. The van der Waals surface area contributed by atoms with Crippen LogP contribution >= 0.6 is 0 Å². The van der Waals surface area contributed by atoms with Gasteiger partial charge in [-0.1, -0.05) is 0 Å². The fraction of sp³-hybridized carbons (Fsp3) is 0.250. The van der Waals surface area contributed by atoms with Crippen LogP contribution in [0.4, 0.5) is 0 Å². The molecule has 0 atom stereocenters. The Hall–Kier alpha value is -1.78. The van der Waals surface area contributed by atoms with E-state index in [9.17, 15) is 9.59 Å². The highest BCUT2D eigenvalue weighted by Crippen LogP contribution is 1.82. The fourth-order valence-electron chi connectivity index (χ4n) is 0.378. The molecule has 0 heterocycles. The Balaban J connectivity index is 3.22. The first kappa shape index (κ1) is 11.2. The summed E-state index contributed by atoms with van der Waals surface area (Å²) in [5.41, 5.74) is 0. The summed E-state index contributed by atoms with van der Waals surface area (Å²) in [6, 6.07) is 0. The second-order valence-electron chi connectivity index (χ2n) is 1.68. The van der Waals surface area contributed by atoms with Gasteiger partial charge >= 0.3 is 0 Å². The Labute approximate surface area is 75.6 Å². The topological polar surface area (TPSA) is 61.8 Å². The number of aldehydes is 2. The summed E-state index contributed by atoms with van der Waals surface area (Å²) in [7, 11) is 0. The SMILES string of the molecule is O=CCOC=COC=COCC=O. The third-order valence-electron chi connectivity index (χ3n) is 0.789. The average molecular weight is 186 g/mol. The summed E-state index contributed by atoms with van der Waals surface area (Å²) in [6.07, 6.45) is 6.13. The van der Waals surface area contributed by atoms with Crippen LogP contribution in [0.2, 0.25) is 0 Å². The molecule has 0 aliphatic heterocycles. The lowest BCUT2D eigenvalue weighted by Gasteiger charge is -1.92. The van der Waals surface area contributed by atoms with Gasteiger partial charge in [0.25, 0.3) is 0 Å². The molecular weight excluding hydrogens is 176 g/mol. The molecule has 5 nitrogen and oxygen atoms in total. The molecule has 0 amide bonds. The molecule has 0 saturated carbocycles. The average Bonchev–Trinajstić information content (AvgIpc) is 2.16. The molecule has 0 rings (SSSR count). The van der Waals surface area contributed by atoms with Gasteiger partial charge in [-0.3, -0.25) is 9.59 Å². The normalized spacial score (nSPS) is 10.2. The summed E-state index contributed by atoms with van der Waals surface area (Å²) < 4.78 is 13.9. The standard InChI is InChI=1S/C8H10O5/c9-1-3-11-5-7-13-8-6-12-4-2-10/h1-2,5-8H,3-4H2. The van der Waals surface area contributed by atoms with E-state index in [1.165, 1.54) is 25.0 Å². The van der Waals surface area contributed by atoms with E-state index in [4.69, 9.17) is 0 Å². The van der Waals surface area contributed by atoms with Crippen molar-refractivity contribution in [2.45, 2.75) is 0 Å². The predicted molar refractivity (Wildman–Crippen MR) is 43.4 cm³/mol. The van der Waals surface area contributed by atoms with Crippen molar-refractivity contribution in [2.75, 3.05) is 13.2 Å². The zero-order valence-corrected chi connectivity index (χ0v) is 6.92. The fourth-order valence-corrected chi connectivity index (χ4v) is 0.378. The lowest BCUT2D eigenvalue weighted by atomic mass is 10.8. The molecule has 0 aromatic carbocycles. The minimum atomic E-state index is -0.00871. The molecule has 0 fully saturated rings. The van der Waals surface area contributed by atoms with Gasteiger partial charge in [0.05, 0.1) is 0 Å². The number of carbonyl (C=O) groups is 2. The Morgan fingerprint density at radius 3 is 1.62 bits per heavy atom. The molecule has 5 heteroatoms. The molecule has 0 radical (unpaired) electrons. The first-order chi connectivity index (χ1) is 6.41. The van der Waals surface area contributed by atoms with Gasteiger partial charge in [0.1, 0.15) is 38.3 Å². The van der Waals surface area contributed by atoms with Crippen LogP contribution in [0, 0.1) is 0 Å². The number of ether oxygens (including phenoxy) is 3. The molecular formula is C8H10O5. The number of carbonyl (C=O) groups excluding carboxylic acids is 2. The molecule has 0 N–H and O–H groups in total. The van der Waals surface area contributed by atoms with Crippen LogP contribution in [-0.4, -0.2) is 25.8 Å². The van der Waals surface area contributed by atoms with Gasteiger partial charge in [-0.05, 0) is 0 Å². The van der Waals surface area contributed by atoms with Crippen molar-refractivity contribution in [1.82, 2.24) is 0 Å². The molecule has 0 bridgehead atoms. The predicted octanol–water partition coefficient (Wildman–Crippen LogP) is 0.376. The lowest BCUT2D eigenvalue weighted by Crippen LogP contribution is -1.87. The van der Waals surface area contributed by atoms with Gasteiger partial charge in [0.2, 0.25) is 0 Å². The van der Waals surface area contributed by atoms with Crippen LogP contribution in [0.25, 0.3) is 0 Å². The van der Waals surface area contributed by atoms with E-state index in [1.54, 1.807) is 0 Å². The maximum absolute atomic E-state index is 9.75. The molecule has 0 unspecified atom stereocenters. The smallest absolute Gasteiger partial charge is 0.157 e. The summed E-state index contributed by atoms with van der Waals surface area (Å²) >= 11 is 0. The van der Waals surface area contributed by atoms with E-state index in [0.29, 0.717) is 12.6 Å². The van der Waals surface area contributed by atoms with Gasteiger partial charge < -0.3 is 14.2 Å². The highest BCUT2D eigenvalue weighted by atomic mass is 16.5. The molecule has 0 spiro atoms. The van der Waals surface area contributed by atoms with Crippen molar-refractivity contribution in [3.63, 3.8) is 0 Å². The Morgan fingerprint density at radius 2 is 1.23 bits per heavy atom. The summed E-state index contributed by atoms with van der Waals surface area (Å²) in [6.45, 7) is -0.0174. The highest BCUT2D eigenvalue weighted by Gasteiger charge is 1.76. The molecule has 0 aliphatic carbocycles. The lowest BCUT2D eigenvalue weighted by molar-refractivity contribution is -0.111. The van der Waals surface area contributed by atoms with Crippen LogP contribution < -0.4 is 0 Å². The van der Waals surface area contributed by atoms with E-state index in [2.05, 4.69) is 14.2 Å². The second kappa shape index (κ2) is 10.2. The number of rotatable bonds is 8. The largest absolute Gasteiger partial charge is 0.491 e. The third-order valence-corrected chi connectivity index (χ3v) is 0.789. The molecule has 0 aliphatic rings. The van der Waals surface area contributed by atoms with E-state index in [-0.39, 0.29) is 13.2 Å². The summed E-state index contributed by atoms with van der Waals surface area (Å²) in [5.74, 6) is 0. The van der Waals surface area contributed by atoms with Crippen molar-refractivity contribution >= 4 is 12.6 Å². The number of hydrogen-bond donors (Lipinski definition) is 0. The van der Waals surface area contributed by atoms with Crippen LogP contribution in [0.3, 0.4) is 0 Å². The maximum Gasteiger partial charge on any atom is 0.157 e. The zero-order valence-electron chi connectivity index (χ0n) is 6.92. The first-order valence-electron chi connectivity index (χ1n) is 3.47. The summed E-state index contributed by atoms with van der Waals surface area (Å²) in [5, 5.41) is 0. The van der Waals surface area contributed by atoms with Crippen molar-refractivity contribution in [3.05, 3.63) is 25.0 Å². The number of hydrogen-bond acceptors (Lipinski definition) is 5. The van der Waals surface area contributed by atoms with Crippen LogP contribution in [-0.2, 0) is 23.8 Å². The van der Waals surface area contributed by atoms with E-state index >= 15 is 0 Å².